The monoisotopic (exact) mass is 488 g/mol. The zero-order valence-corrected chi connectivity index (χ0v) is 20.1. The van der Waals surface area contributed by atoms with Crippen molar-refractivity contribution in [2.45, 2.75) is 6.92 Å². The highest BCUT2D eigenvalue weighted by Gasteiger charge is 2.13. The highest BCUT2D eigenvalue weighted by atomic mass is 32.1. The number of nitrogens with zero attached hydrogens (tertiary/aromatic N) is 5. The highest BCUT2D eigenvalue weighted by Crippen LogP contribution is 2.35. The van der Waals surface area contributed by atoms with E-state index in [1.807, 2.05) is 54.6 Å². The second-order valence-electron chi connectivity index (χ2n) is 8.06. The number of ether oxygens (including phenoxy) is 1. The Morgan fingerprint density at radius 2 is 1.64 bits per heavy atom. The quantitative estimate of drug-likeness (QED) is 0.269. The molecule has 0 saturated carbocycles. The van der Waals surface area contributed by atoms with Crippen LogP contribution < -0.4 is 10.1 Å². The Balaban J connectivity index is 1.26. The summed E-state index contributed by atoms with van der Waals surface area (Å²) in [4.78, 5) is 15.0. The molecule has 7 nitrogen and oxygen atoms in total. The Morgan fingerprint density at radius 3 is 2.42 bits per heavy atom. The maximum atomic E-state index is 6.08. The lowest BCUT2D eigenvalue weighted by atomic mass is 10.1. The van der Waals surface area contributed by atoms with Gasteiger partial charge >= 0.3 is 0 Å². The molecule has 0 amide bonds. The van der Waals surface area contributed by atoms with Gasteiger partial charge in [-0.1, -0.05) is 24.3 Å². The van der Waals surface area contributed by atoms with Crippen molar-refractivity contribution >= 4 is 33.6 Å². The smallest absolute Gasteiger partial charge is 0.228 e. The topological polar surface area (TPSA) is 85.7 Å². The van der Waals surface area contributed by atoms with Gasteiger partial charge in [-0.05, 0) is 61.5 Å². The summed E-state index contributed by atoms with van der Waals surface area (Å²) in [6.45, 7) is 2.10. The lowest BCUT2D eigenvalue weighted by molar-refractivity contribution is 0.465. The molecule has 4 heterocycles. The van der Waals surface area contributed by atoms with Crippen LogP contribution in [0.1, 0.15) is 4.88 Å². The van der Waals surface area contributed by atoms with Crippen molar-refractivity contribution in [3.05, 3.63) is 102 Å². The van der Waals surface area contributed by atoms with E-state index in [0.717, 1.165) is 38.3 Å². The molecule has 4 aromatic heterocycles. The van der Waals surface area contributed by atoms with E-state index in [1.165, 1.54) is 11.2 Å². The van der Waals surface area contributed by atoms with Crippen molar-refractivity contribution in [3.8, 4) is 33.5 Å². The van der Waals surface area contributed by atoms with Crippen LogP contribution in [0.15, 0.2) is 97.6 Å². The third kappa shape index (κ3) is 4.37. The molecule has 0 radical (unpaired) electrons. The first kappa shape index (κ1) is 21.8. The fourth-order valence-electron chi connectivity index (χ4n) is 3.91. The van der Waals surface area contributed by atoms with Gasteiger partial charge in [0.25, 0.3) is 0 Å². The third-order valence-corrected chi connectivity index (χ3v) is 6.63. The molecule has 1 N–H and O–H groups in total. The van der Waals surface area contributed by atoms with E-state index in [2.05, 4.69) is 61.7 Å². The summed E-state index contributed by atoms with van der Waals surface area (Å²) in [7, 11) is 0. The van der Waals surface area contributed by atoms with Crippen LogP contribution in [0, 0.1) is 6.92 Å². The first-order valence-electron chi connectivity index (χ1n) is 11.3. The maximum absolute atomic E-state index is 6.08. The zero-order chi connectivity index (χ0) is 24.3. The molecule has 0 aliphatic heterocycles. The van der Waals surface area contributed by atoms with Crippen LogP contribution in [-0.4, -0.2) is 25.1 Å². The number of rotatable bonds is 6. The van der Waals surface area contributed by atoms with Gasteiger partial charge in [-0.25, -0.2) is 15.0 Å². The van der Waals surface area contributed by atoms with Crippen LogP contribution in [0.3, 0.4) is 0 Å². The number of pyridine rings is 1. The summed E-state index contributed by atoms with van der Waals surface area (Å²) in [5, 5.41) is 14.5. The Labute approximate surface area is 211 Å². The first-order chi connectivity index (χ1) is 17.7. The number of anilines is 2. The first-order valence-corrected chi connectivity index (χ1v) is 12.1. The molecule has 0 saturated heterocycles. The molecule has 0 aliphatic carbocycles. The molecular weight excluding hydrogens is 468 g/mol. The second-order valence-corrected chi connectivity index (χ2v) is 9.34. The van der Waals surface area contributed by atoms with Crippen LogP contribution >= 0.6 is 11.3 Å². The van der Waals surface area contributed by atoms with Gasteiger partial charge in [0.1, 0.15) is 17.8 Å². The molecule has 6 rings (SSSR count). The van der Waals surface area contributed by atoms with E-state index in [4.69, 9.17) is 4.74 Å². The average molecular weight is 489 g/mol. The molecule has 2 aromatic carbocycles. The number of hydrogen-bond donors (Lipinski definition) is 1. The minimum Gasteiger partial charge on any atom is -0.438 e. The minimum atomic E-state index is 0.480. The van der Waals surface area contributed by atoms with Gasteiger partial charge in [0.2, 0.25) is 5.88 Å². The minimum absolute atomic E-state index is 0.480. The average Bonchev–Trinajstić information content (AvgIpc) is 3.36. The zero-order valence-electron chi connectivity index (χ0n) is 19.3. The van der Waals surface area contributed by atoms with Crippen molar-refractivity contribution in [1.82, 2.24) is 25.1 Å². The molecule has 0 fully saturated rings. The Bertz CT molecular complexity index is 1650. The van der Waals surface area contributed by atoms with Gasteiger partial charge in [-0.2, -0.15) is 0 Å². The van der Waals surface area contributed by atoms with Crippen LogP contribution in [0.2, 0.25) is 0 Å². The van der Waals surface area contributed by atoms with Crippen molar-refractivity contribution in [1.29, 1.82) is 0 Å². The van der Waals surface area contributed by atoms with Crippen LogP contribution in [0.5, 0.6) is 11.6 Å². The molecule has 0 aliphatic rings. The molecule has 6 aromatic rings. The number of hydrogen-bond acceptors (Lipinski definition) is 8. The van der Waals surface area contributed by atoms with E-state index >= 15 is 0 Å². The third-order valence-electron chi connectivity index (χ3n) is 5.62. The van der Waals surface area contributed by atoms with E-state index in [-0.39, 0.29) is 0 Å². The number of aryl methyl sites for hydroxylation is 1. The van der Waals surface area contributed by atoms with Crippen LogP contribution in [0.4, 0.5) is 11.5 Å². The molecule has 0 atom stereocenters. The van der Waals surface area contributed by atoms with Gasteiger partial charge in [0.05, 0.1) is 16.1 Å². The van der Waals surface area contributed by atoms with E-state index in [0.29, 0.717) is 17.4 Å². The molecular formula is C28H20N6OS. The summed E-state index contributed by atoms with van der Waals surface area (Å²) < 4.78 is 6.08. The fourth-order valence-corrected chi connectivity index (χ4v) is 4.78. The maximum Gasteiger partial charge on any atom is 0.228 e. The van der Waals surface area contributed by atoms with Crippen molar-refractivity contribution in [3.63, 3.8) is 0 Å². The second kappa shape index (κ2) is 9.52. The largest absolute Gasteiger partial charge is 0.438 e. The summed E-state index contributed by atoms with van der Waals surface area (Å²) in [5.74, 6) is 1.84. The normalized spacial score (nSPS) is 10.9. The molecule has 174 valence electrons. The molecule has 0 spiro atoms. The summed E-state index contributed by atoms with van der Waals surface area (Å²) >= 11 is 1.72. The lowest BCUT2D eigenvalue weighted by Crippen LogP contribution is -1.99. The molecule has 0 unspecified atom stereocenters. The molecule has 8 heteroatoms. The Kier molecular flexibility index (Phi) is 5.77. The van der Waals surface area contributed by atoms with Crippen LogP contribution in [-0.2, 0) is 0 Å². The van der Waals surface area contributed by atoms with Gasteiger partial charge in [-0.3, -0.25) is 0 Å². The van der Waals surface area contributed by atoms with E-state index < -0.39 is 0 Å². The predicted molar refractivity (Wildman–Crippen MR) is 143 cm³/mol. The van der Waals surface area contributed by atoms with Crippen LogP contribution in [0.25, 0.3) is 32.6 Å². The number of aromatic nitrogens is 5. The SMILES string of the molecule is Cc1ccc(-c2nnc(Nc3ccc(Oc4ncccc4-c4ccncn4)cc3)c3ccccc23)s1. The molecule has 36 heavy (non-hydrogen) atoms. The highest BCUT2D eigenvalue weighted by molar-refractivity contribution is 7.15. The standard InChI is InChI=1S/C28H20N6OS/c1-18-8-13-25(36-18)26-21-5-2-3-6-22(21)27(34-33-26)32-19-9-11-20(12-10-19)35-28-23(7-4-15-30-28)24-14-16-29-17-31-24/h2-17H,1H3,(H,32,34). The number of nitrogens with one attached hydrogen (secondary N) is 1. The van der Waals surface area contributed by atoms with Crippen molar-refractivity contribution in [2.24, 2.45) is 0 Å². The Hall–Kier alpha value is -4.69. The van der Waals surface area contributed by atoms with Gasteiger partial charge in [-0.15, -0.1) is 21.5 Å². The fraction of sp³-hybridized carbons (Fsp3) is 0.0357. The Morgan fingerprint density at radius 1 is 0.778 bits per heavy atom. The predicted octanol–water partition coefficient (Wildman–Crippen LogP) is 7.05. The van der Waals surface area contributed by atoms with E-state index in [1.54, 1.807) is 23.7 Å². The summed E-state index contributed by atoms with van der Waals surface area (Å²) in [6, 6.07) is 25.6. The van der Waals surface area contributed by atoms with Gasteiger partial charge in [0, 0.05) is 33.7 Å². The number of benzene rings is 2. The van der Waals surface area contributed by atoms with Crippen molar-refractivity contribution < 1.29 is 4.74 Å². The van der Waals surface area contributed by atoms with Gasteiger partial charge < -0.3 is 10.1 Å². The number of fused-ring (bicyclic) bond motifs is 1. The van der Waals surface area contributed by atoms with Crippen molar-refractivity contribution in [2.75, 3.05) is 5.32 Å². The number of thiophene rings is 1. The van der Waals surface area contributed by atoms with Gasteiger partial charge in [0.15, 0.2) is 5.82 Å². The lowest BCUT2D eigenvalue weighted by Gasteiger charge is -2.12. The van der Waals surface area contributed by atoms with E-state index in [9.17, 15) is 0 Å². The molecule has 0 bridgehead atoms. The summed E-state index contributed by atoms with van der Waals surface area (Å²) in [6.07, 6.45) is 4.90. The summed E-state index contributed by atoms with van der Waals surface area (Å²) in [5.41, 5.74) is 3.31.